The van der Waals surface area contributed by atoms with E-state index in [1.54, 1.807) is 0 Å². The zero-order valence-electron chi connectivity index (χ0n) is 8.83. The van der Waals surface area contributed by atoms with E-state index >= 15 is 0 Å². The van der Waals surface area contributed by atoms with Crippen LogP contribution in [0.1, 0.15) is 0 Å². The van der Waals surface area contributed by atoms with Crippen molar-refractivity contribution in [2.45, 2.75) is 12.1 Å². The Hall–Kier alpha value is -1.85. The van der Waals surface area contributed by atoms with Crippen LogP contribution in [-0.2, 0) is 4.79 Å². The van der Waals surface area contributed by atoms with Crippen LogP contribution in [0.5, 0.6) is 0 Å². The molecule has 0 spiro atoms. The van der Waals surface area contributed by atoms with Crippen molar-refractivity contribution in [3.63, 3.8) is 0 Å². The molecule has 0 fully saturated rings. The van der Waals surface area contributed by atoms with Gasteiger partial charge in [-0.1, -0.05) is 0 Å². The van der Waals surface area contributed by atoms with Crippen LogP contribution in [0.15, 0.2) is 18.3 Å². The highest BCUT2D eigenvalue weighted by Gasteiger charge is 2.63. The second kappa shape index (κ2) is 5.03. The number of aromatic nitrogens is 1. The summed E-state index contributed by atoms with van der Waals surface area (Å²) in [5, 5.41) is 18.8. The Morgan fingerprint density at radius 3 is 2.26 bits per heavy atom. The lowest BCUT2D eigenvalue weighted by atomic mass is 10.3. The number of nitrogens with one attached hydrogen (secondary N) is 2. The molecule has 0 aliphatic rings. The van der Waals surface area contributed by atoms with Crippen molar-refractivity contribution in [1.82, 2.24) is 4.98 Å². The summed E-state index contributed by atoms with van der Waals surface area (Å²) in [6.07, 6.45) is -5.33. The number of nitrogens with zero attached hydrogens (tertiary/aromatic N) is 1. The fourth-order valence-electron chi connectivity index (χ4n) is 0.918. The van der Waals surface area contributed by atoms with Gasteiger partial charge in [-0.3, -0.25) is 4.79 Å². The molecule has 0 radical (unpaired) electrons. The maximum absolute atomic E-state index is 12.6. The van der Waals surface area contributed by atoms with Gasteiger partial charge in [0.15, 0.2) is 5.69 Å². The molecule has 1 amide bonds. The highest BCUT2D eigenvalue weighted by molar-refractivity contribution is 5.96. The maximum atomic E-state index is 12.6. The van der Waals surface area contributed by atoms with E-state index in [1.807, 2.05) is 0 Å². The quantitative estimate of drug-likeness (QED) is 0.561. The lowest BCUT2D eigenvalue weighted by Crippen LogP contribution is -2.99. The number of alkyl halides is 5. The van der Waals surface area contributed by atoms with Crippen molar-refractivity contribution in [2.24, 2.45) is 0 Å². The van der Waals surface area contributed by atoms with Crippen LogP contribution in [0, 0.1) is 5.21 Å². The molecule has 1 heterocycles. The number of halogens is 5. The third kappa shape index (κ3) is 3.33. The molecule has 0 bridgehead atoms. The van der Waals surface area contributed by atoms with E-state index in [1.165, 1.54) is 5.32 Å². The molecule has 6 nitrogen and oxygen atoms in total. The van der Waals surface area contributed by atoms with Gasteiger partial charge in [0.25, 0.3) is 0 Å². The van der Waals surface area contributed by atoms with Crippen LogP contribution >= 0.6 is 0 Å². The number of hydrogen-bond acceptors (Lipinski definition) is 4. The Balaban J connectivity index is 2.83. The van der Waals surface area contributed by atoms with Crippen molar-refractivity contribution in [3.05, 3.63) is 23.5 Å². The van der Waals surface area contributed by atoms with Crippen LogP contribution in [0.3, 0.4) is 0 Å². The average molecular weight is 287 g/mol. The largest absolute Gasteiger partial charge is 0.595 e. The van der Waals surface area contributed by atoms with Crippen LogP contribution in [0.2, 0.25) is 0 Å². The molecule has 0 saturated heterocycles. The zero-order valence-corrected chi connectivity index (χ0v) is 8.83. The van der Waals surface area contributed by atoms with E-state index in [9.17, 15) is 32.0 Å². The second-order valence-corrected chi connectivity index (χ2v) is 3.26. The Bertz CT molecular complexity index is 460. The number of carbonyl (C=O) groups is 1. The topological polar surface area (TPSA) is 89.7 Å². The molecule has 0 saturated carbocycles. The van der Waals surface area contributed by atoms with Crippen LogP contribution in [-0.4, -0.2) is 28.2 Å². The van der Waals surface area contributed by atoms with Gasteiger partial charge < -0.3 is 10.5 Å². The monoisotopic (exact) mass is 287 g/mol. The van der Waals surface area contributed by atoms with Crippen molar-refractivity contribution in [3.8, 4) is 0 Å². The van der Waals surface area contributed by atoms with Gasteiger partial charge in [0.1, 0.15) is 5.82 Å². The molecule has 3 N–H and O–H groups in total. The SMILES string of the molecule is O=C(Nc1ccc([NH+]([O-])O)cn1)C(F)(F)C(F)(F)F. The molecule has 106 valence electrons. The highest BCUT2D eigenvalue weighted by atomic mass is 19.4. The minimum Gasteiger partial charge on any atom is -0.595 e. The summed E-state index contributed by atoms with van der Waals surface area (Å²) in [7, 11) is 0. The van der Waals surface area contributed by atoms with Crippen LogP contribution in [0.25, 0.3) is 0 Å². The van der Waals surface area contributed by atoms with E-state index in [0.29, 0.717) is 6.20 Å². The van der Waals surface area contributed by atoms with Gasteiger partial charge in [-0.05, 0) is 6.07 Å². The Kier molecular flexibility index (Phi) is 4.03. The smallest absolute Gasteiger partial charge is 0.463 e. The molecule has 1 aromatic heterocycles. The number of quaternary nitrogens is 1. The number of carbonyl (C=O) groups excluding carboxylic acids is 1. The van der Waals surface area contributed by atoms with Crippen molar-refractivity contribution >= 4 is 17.4 Å². The average Bonchev–Trinajstić information content (AvgIpc) is 2.28. The summed E-state index contributed by atoms with van der Waals surface area (Å²) in [5.74, 6) is -8.80. The third-order valence-corrected chi connectivity index (χ3v) is 1.89. The van der Waals surface area contributed by atoms with E-state index in [4.69, 9.17) is 5.21 Å². The summed E-state index contributed by atoms with van der Waals surface area (Å²) in [5.41, 5.74) is -0.319. The zero-order chi connectivity index (χ0) is 14.8. The summed E-state index contributed by atoms with van der Waals surface area (Å²) < 4.78 is 60.7. The maximum Gasteiger partial charge on any atom is 0.463 e. The van der Waals surface area contributed by atoms with Gasteiger partial charge in [-0.25, -0.2) is 10.2 Å². The summed E-state index contributed by atoms with van der Waals surface area (Å²) in [6, 6.07) is 1.67. The van der Waals surface area contributed by atoms with Crippen molar-refractivity contribution in [2.75, 3.05) is 5.32 Å². The van der Waals surface area contributed by atoms with Gasteiger partial charge in [-0.2, -0.15) is 27.2 Å². The fraction of sp³-hybridized carbons (Fsp3) is 0.250. The fourth-order valence-corrected chi connectivity index (χ4v) is 0.918. The first-order valence-corrected chi connectivity index (χ1v) is 4.51. The first-order valence-electron chi connectivity index (χ1n) is 4.51. The number of hydrogen-bond donors (Lipinski definition) is 3. The third-order valence-electron chi connectivity index (χ3n) is 1.89. The summed E-state index contributed by atoms with van der Waals surface area (Å²) >= 11 is 0. The van der Waals surface area contributed by atoms with Crippen molar-refractivity contribution in [1.29, 1.82) is 0 Å². The number of pyridine rings is 1. The number of rotatable bonds is 3. The Morgan fingerprint density at radius 1 is 1.32 bits per heavy atom. The lowest BCUT2D eigenvalue weighted by Gasteiger charge is -2.18. The molecule has 0 aliphatic carbocycles. The normalized spacial score (nSPS) is 14.1. The Morgan fingerprint density at radius 2 is 1.89 bits per heavy atom. The first kappa shape index (κ1) is 15.2. The minimum atomic E-state index is -6.03. The summed E-state index contributed by atoms with van der Waals surface area (Å²) in [4.78, 5) is 14.0. The standard InChI is InChI=1S/C8H6F5N3O3/c9-7(10,8(11,12)13)6(17)15-5-2-1-4(3-14-5)16(18)19/h1-3,16,18H,(H,14,15,17). The van der Waals surface area contributed by atoms with Gasteiger partial charge >= 0.3 is 18.0 Å². The number of amides is 1. The van der Waals surface area contributed by atoms with Crippen LogP contribution in [0.4, 0.5) is 33.5 Å². The summed E-state index contributed by atoms with van der Waals surface area (Å²) in [6.45, 7) is 0. The molecular formula is C8H6F5N3O3. The lowest BCUT2D eigenvalue weighted by molar-refractivity contribution is -0.991. The molecule has 0 aromatic carbocycles. The van der Waals surface area contributed by atoms with Crippen molar-refractivity contribution < 1.29 is 37.2 Å². The number of anilines is 1. The van der Waals surface area contributed by atoms with E-state index in [0.717, 1.165) is 12.1 Å². The second-order valence-electron chi connectivity index (χ2n) is 3.26. The molecule has 1 rings (SSSR count). The van der Waals surface area contributed by atoms with Gasteiger partial charge in [0.2, 0.25) is 0 Å². The van der Waals surface area contributed by atoms with Crippen LogP contribution < -0.4 is 10.5 Å². The molecule has 1 aromatic rings. The van der Waals surface area contributed by atoms with Gasteiger partial charge in [0, 0.05) is 6.07 Å². The first-order chi connectivity index (χ1) is 8.55. The molecular weight excluding hydrogens is 281 g/mol. The molecule has 0 aliphatic heterocycles. The minimum absolute atomic E-state index is 0.319. The predicted molar refractivity (Wildman–Crippen MR) is 49.6 cm³/mol. The van der Waals surface area contributed by atoms with E-state index in [2.05, 4.69) is 4.98 Å². The van der Waals surface area contributed by atoms with E-state index in [-0.39, 0.29) is 5.69 Å². The predicted octanol–water partition coefficient (Wildman–Crippen LogP) is 0.621. The molecule has 19 heavy (non-hydrogen) atoms. The molecule has 1 atom stereocenters. The Labute approximate surface area is 102 Å². The van der Waals surface area contributed by atoms with Gasteiger partial charge in [0.05, 0.1) is 6.20 Å². The highest BCUT2D eigenvalue weighted by Crippen LogP contribution is 2.36. The molecule has 1 unspecified atom stereocenters. The van der Waals surface area contributed by atoms with Gasteiger partial charge in [-0.15, -0.1) is 0 Å². The van der Waals surface area contributed by atoms with E-state index < -0.39 is 29.1 Å². The molecule has 11 heteroatoms.